The van der Waals surface area contributed by atoms with Gasteiger partial charge in [0.05, 0.1) is 13.2 Å². The van der Waals surface area contributed by atoms with Crippen molar-refractivity contribution in [3.8, 4) is 0 Å². The van der Waals surface area contributed by atoms with E-state index < -0.39 is 0 Å². The third-order valence-corrected chi connectivity index (χ3v) is 2.88. The molecule has 13 heavy (non-hydrogen) atoms. The van der Waals surface area contributed by atoms with Crippen molar-refractivity contribution in [3.63, 3.8) is 0 Å². The van der Waals surface area contributed by atoms with Gasteiger partial charge in [-0.2, -0.15) is 0 Å². The number of rotatable bonds is 2. The first-order valence-corrected chi connectivity index (χ1v) is 4.96. The Labute approximate surface area is 81.2 Å². The van der Waals surface area contributed by atoms with Crippen molar-refractivity contribution in [2.45, 2.75) is 38.8 Å². The molecule has 1 rings (SSSR count). The van der Waals surface area contributed by atoms with Crippen molar-refractivity contribution in [2.75, 3.05) is 26.3 Å². The second-order valence-electron chi connectivity index (χ2n) is 5.03. The van der Waals surface area contributed by atoms with E-state index in [9.17, 15) is 0 Å². The van der Waals surface area contributed by atoms with Gasteiger partial charge in [0.1, 0.15) is 0 Å². The topological polar surface area (TPSA) is 38.5 Å². The van der Waals surface area contributed by atoms with Crippen molar-refractivity contribution in [1.29, 1.82) is 0 Å². The van der Waals surface area contributed by atoms with Gasteiger partial charge in [0.15, 0.2) is 0 Å². The number of morpholine rings is 1. The second-order valence-corrected chi connectivity index (χ2v) is 5.03. The zero-order valence-corrected chi connectivity index (χ0v) is 9.26. The molecule has 3 heteroatoms. The second kappa shape index (κ2) is 3.56. The molecule has 0 spiro atoms. The van der Waals surface area contributed by atoms with Gasteiger partial charge in [-0.25, -0.2) is 0 Å². The van der Waals surface area contributed by atoms with Crippen molar-refractivity contribution < 1.29 is 4.74 Å². The Morgan fingerprint density at radius 2 is 2.08 bits per heavy atom. The van der Waals surface area contributed by atoms with Crippen LogP contribution in [0.5, 0.6) is 0 Å². The smallest absolute Gasteiger partial charge is 0.0645 e. The minimum Gasteiger partial charge on any atom is -0.378 e. The van der Waals surface area contributed by atoms with Gasteiger partial charge in [0.2, 0.25) is 0 Å². The van der Waals surface area contributed by atoms with Gasteiger partial charge in [-0.05, 0) is 27.7 Å². The van der Waals surface area contributed by atoms with Gasteiger partial charge in [0, 0.05) is 24.2 Å². The Bertz CT molecular complexity index is 170. The van der Waals surface area contributed by atoms with E-state index in [0.29, 0.717) is 6.54 Å². The third kappa shape index (κ3) is 2.22. The maximum absolute atomic E-state index is 5.78. The maximum atomic E-state index is 5.78. The first-order valence-electron chi connectivity index (χ1n) is 4.96. The predicted octanol–water partition coefficient (Wildman–Crippen LogP) is 0.834. The molecule has 1 fully saturated rings. The molecule has 1 saturated heterocycles. The Kier molecular flexibility index (Phi) is 3.00. The summed E-state index contributed by atoms with van der Waals surface area (Å²) in [4.78, 5) is 2.45. The molecule has 0 aromatic heterocycles. The Balaban J connectivity index is 2.76. The van der Waals surface area contributed by atoms with Crippen LogP contribution in [0, 0.1) is 0 Å². The number of hydrogen-bond acceptors (Lipinski definition) is 3. The Hall–Kier alpha value is -0.120. The van der Waals surface area contributed by atoms with Crippen LogP contribution in [0.25, 0.3) is 0 Å². The summed E-state index contributed by atoms with van der Waals surface area (Å²) in [6.07, 6.45) is 0. The molecular weight excluding hydrogens is 164 g/mol. The quantitative estimate of drug-likeness (QED) is 0.694. The third-order valence-electron chi connectivity index (χ3n) is 2.88. The molecule has 1 aliphatic rings. The zero-order chi connectivity index (χ0) is 10.1. The van der Waals surface area contributed by atoms with Crippen LogP contribution >= 0.6 is 0 Å². The summed E-state index contributed by atoms with van der Waals surface area (Å²) in [5.74, 6) is 0. The molecule has 0 bridgehead atoms. The molecule has 0 atom stereocenters. The average molecular weight is 186 g/mol. The summed E-state index contributed by atoms with van der Waals surface area (Å²) < 4.78 is 5.47. The fraction of sp³-hybridized carbons (Fsp3) is 1.00. The van der Waals surface area contributed by atoms with Crippen LogP contribution in [0.15, 0.2) is 0 Å². The average Bonchev–Trinajstić information content (AvgIpc) is 2.03. The molecule has 0 amide bonds. The van der Waals surface area contributed by atoms with E-state index in [2.05, 4.69) is 32.6 Å². The van der Waals surface area contributed by atoms with Gasteiger partial charge in [-0.3, -0.25) is 4.90 Å². The van der Waals surface area contributed by atoms with Crippen LogP contribution in [0.3, 0.4) is 0 Å². The maximum Gasteiger partial charge on any atom is 0.0645 e. The lowest BCUT2D eigenvalue weighted by atomic mass is 9.92. The van der Waals surface area contributed by atoms with E-state index in [0.717, 1.165) is 19.8 Å². The number of nitrogens with two attached hydrogens (primary N) is 1. The van der Waals surface area contributed by atoms with Crippen LogP contribution in [-0.4, -0.2) is 42.3 Å². The Morgan fingerprint density at radius 1 is 1.46 bits per heavy atom. The molecule has 0 aromatic rings. The molecule has 0 radical (unpaired) electrons. The summed E-state index contributed by atoms with van der Waals surface area (Å²) in [5, 5.41) is 0. The van der Waals surface area contributed by atoms with Crippen LogP contribution in [-0.2, 0) is 4.74 Å². The SMILES string of the molecule is CC(C)(CN)N1CCOCC1(C)C. The molecule has 0 unspecified atom stereocenters. The van der Waals surface area contributed by atoms with Crippen molar-refractivity contribution in [2.24, 2.45) is 5.73 Å². The lowest BCUT2D eigenvalue weighted by Crippen LogP contribution is -2.63. The molecule has 78 valence electrons. The summed E-state index contributed by atoms with van der Waals surface area (Å²) in [7, 11) is 0. The molecule has 2 N–H and O–H groups in total. The van der Waals surface area contributed by atoms with Crippen molar-refractivity contribution in [3.05, 3.63) is 0 Å². The minimum absolute atomic E-state index is 0.0767. The van der Waals surface area contributed by atoms with Crippen LogP contribution in [0.4, 0.5) is 0 Å². The van der Waals surface area contributed by atoms with E-state index in [1.807, 2.05) is 0 Å². The van der Waals surface area contributed by atoms with E-state index >= 15 is 0 Å². The standard InChI is InChI=1S/C10H22N2O/c1-9(2,7-11)12-5-6-13-8-10(12,3)4/h5-8,11H2,1-4H3. The zero-order valence-electron chi connectivity index (χ0n) is 9.26. The number of nitrogens with zero attached hydrogens (tertiary/aromatic N) is 1. The molecule has 1 aliphatic heterocycles. The van der Waals surface area contributed by atoms with Gasteiger partial charge in [-0.15, -0.1) is 0 Å². The monoisotopic (exact) mass is 186 g/mol. The normalized spacial score (nSPS) is 24.7. The highest BCUT2D eigenvalue weighted by Gasteiger charge is 2.38. The fourth-order valence-corrected chi connectivity index (χ4v) is 2.09. The first kappa shape index (κ1) is 11.0. The van der Waals surface area contributed by atoms with Gasteiger partial charge >= 0.3 is 0 Å². The number of ether oxygens (including phenoxy) is 1. The molecule has 1 heterocycles. The van der Waals surface area contributed by atoms with Crippen LogP contribution in [0.2, 0.25) is 0 Å². The Morgan fingerprint density at radius 3 is 2.54 bits per heavy atom. The molecular formula is C10H22N2O. The predicted molar refractivity (Wildman–Crippen MR) is 54.7 cm³/mol. The molecule has 0 saturated carbocycles. The molecule has 3 nitrogen and oxygen atoms in total. The molecule has 0 aromatic carbocycles. The van der Waals surface area contributed by atoms with E-state index in [-0.39, 0.29) is 11.1 Å². The largest absolute Gasteiger partial charge is 0.378 e. The molecule has 0 aliphatic carbocycles. The van der Waals surface area contributed by atoms with Crippen molar-refractivity contribution >= 4 is 0 Å². The van der Waals surface area contributed by atoms with Crippen molar-refractivity contribution in [1.82, 2.24) is 4.90 Å². The van der Waals surface area contributed by atoms with Gasteiger partial charge in [0.25, 0.3) is 0 Å². The van der Waals surface area contributed by atoms with Crippen LogP contribution < -0.4 is 5.73 Å². The fourth-order valence-electron chi connectivity index (χ4n) is 2.09. The highest BCUT2D eigenvalue weighted by Crippen LogP contribution is 2.27. The van der Waals surface area contributed by atoms with Crippen LogP contribution in [0.1, 0.15) is 27.7 Å². The summed E-state index contributed by atoms with van der Waals surface area (Å²) in [6.45, 7) is 12.1. The van der Waals surface area contributed by atoms with E-state index in [4.69, 9.17) is 10.5 Å². The summed E-state index contributed by atoms with van der Waals surface area (Å²) in [5.41, 5.74) is 5.96. The highest BCUT2D eigenvalue weighted by molar-refractivity contribution is 4.94. The van der Waals surface area contributed by atoms with Gasteiger partial charge < -0.3 is 10.5 Å². The lowest BCUT2D eigenvalue weighted by Gasteiger charge is -2.50. The lowest BCUT2D eigenvalue weighted by molar-refractivity contribution is -0.0934. The minimum atomic E-state index is 0.0767. The number of hydrogen-bond donors (Lipinski definition) is 1. The summed E-state index contributed by atoms with van der Waals surface area (Å²) in [6, 6.07) is 0. The van der Waals surface area contributed by atoms with Gasteiger partial charge in [-0.1, -0.05) is 0 Å². The van der Waals surface area contributed by atoms with E-state index in [1.54, 1.807) is 0 Å². The first-order chi connectivity index (χ1) is 5.90. The highest BCUT2D eigenvalue weighted by atomic mass is 16.5. The van der Waals surface area contributed by atoms with E-state index in [1.165, 1.54) is 0 Å². The summed E-state index contributed by atoms with van der Waals surface area (Å²) >= 11 is 0.